The predicted octanol–water partition coefficient (Wildman–Crippen LogP) is 9.36. The largest absolute Gasteiger partial charge is 0.497 e. The van der Waals surface area contributed by atoms with Gasteiger partial charge in [0.2, 0.25) is 5.91 Å². The van der Waals surface area contributed by atoms with E-state index in [-0.39, 0.29) is 36.3 Å². The Bertz CT molecular complexity index is 2240. The zero-order chi connectivity index (χ0) is 41.2. The molecule has 1 aliphatic heterocycles. The Hall–Kier alpha value is -5.07. The molecule has 8 rings (SSSR count). The molecule has 2 heterocycles. The molecule has 4 aromatic rings. The average molecular weight is 834 g/mol. The van der Waals surface area contributed by atoms with Crippen molar-refractivity contribution >= 4 is 52.3 Å². The first-order valence-electron chi connectivity index (χ1n) is 20.6. The standard InChI is InChI=1S/C47H51N3O7S2/c1-27(2)20-38(49-46(53)56-26-37-34-13-7-5-11-32(34)33-12-6-8-14-35(33)37)44(51)48-19-9-10-30-23-42(36-18-17-31(54-3)24-41(36)55-4)57-40(30)25-43-45(52)50(47(58)59-43)39-22-28-15-16-29(39)21-28/h5-8,11-14,17-18,23-25,27-29,37-39H,9-10,15-16,19-22,26H2,1-4H3,(H,48,51)(H,49,53)/b43-25-/t28-,29-,38-,39-/m0/s1. The van der Waals surface area contributed by atoms with Crippen molar-refractivity contribution in [2.75, 3.05) is 27.4 Å². The third-order valence-electron chi connectivity index (χ3n) is 12.2. The van der Waals surface area contributed by atoms with E-state index < -0.39 is 12.1 Å². The first kappa shape index (κ1) is 40.7. The number of alkyl carbamates (subject to hydrolysis) is 1. The smallest absolute Gasteiger partial charge is 0.407 e. The van der Waals surface area contributed by atoms with Crippen molar-refractivity contribution in [3.05, 3.63) is 100 Å². The highest BCUT2D eigenvalue weighted by Crippen LogP contribution is 2.50. The summed E-state index contributed by atoms with van der Waals surface area (Å²) in [6.45, 7) is 4.55. The number of furan rings is 1. The minimum Gasteiger partial charge on any atom is -0.497 e. The molecule has 4 aliphatic rings. The lowest BCUT2D eigenvalue weighted by molar-refractivity contribution is -0.124. The van der Waals surface area contributed by atoms with Crippen LogP contribution in [0.15, 0.2) is 82.1 Å². The summed E-state index contributed by atoms with van der Waals surface area (Å²) in [4.78, 5) is 43.1. The van der Waals surface area contributed by atoms with Crippen LogP contribution in [-0.4, -0.2) is 66.6 Å². The highest BCUT2D eigenvalue weighted by Gasteiger charge is 2.48. The van der Waals surface area contributed by atoms with E-state index in [1.807, 2.05) is 67.3 Å². The van der Waals surface area contributed by atoms with Crippen molar-refractivity contribution < 1.29 is 33.0 Å². The van der Waals surface area contributed by atoms with Gasteiger partial charge in [-0.3, -0.25) is 14.5 Å². The number of hydrogen-bond donors (Lipinski definition) is 2. The van der Waals surface area contributed by atoms with Gasteiger partial charge >= 0.3 is 6.09 Å². The highest BCUT2D eigenvalue weighted by atomic mass is 32.2. The Morgan fingerprint density at radius 1 is 0.966 bits per heavy atom. The van der Waals surface area contributed by atoms with Crippen molar-refractivity contribution in [3.8, 4) is 33.9 Å². The van der Waals surface area contributed by atoms with E-state index in [0.717, 1.165) is 46.2 Å². The van der Waals surface area contributed by atoms with Gasteiger partial charge in [-0.15, -0.1) is 0 Å². The highest BCUT2D eigenvalue weighted by molar-refractivity contribution is 8.26. The molecule has 3 fully saturated rings. The van der Waals surface area contributed by atoms with E-state index in [1.54, 1.807) is 20.3 Å². The molecule has 308 valence electrons. The zero-order valence-corrected chi connectivity index (χ0v) is 35.6. The SMILES string of the molecule is COc1ccc(-c2cc(CCCNC(=O)[C@H](CC(C)C)NC(=O)OCC3c4ccccc4-c4ccccc43)c(/C=C3\SC(=S)N([C@H]4C[C@H]5CC[C@H]4C5)C3=O)o2)c(OC)c1. The second-order valence-electron chi connectivity index (χ2n) is 16.4. The lowest BCUT2D eigenvalue weighted by atomic mass is 9.94. The molecule has 2 bridgehead atoms. The summed E-state index contributed by atoms with van der Waals surface area (Å²) in [5.41, 5.74) is 6.18. The van der Waals surface area contributed by atoms with Crippen LogP contribution >= 0.6 is 24.0 Å². The Labute approximate surface area is 355 Å². The molecule has 2 N–H and O–H groups in total. The Balaban J connectivity index is 0.933. The fourth-order valence-corrected chi connectivity index (χ4v) is 10.8. The molecule has 0 spiro atoms. The lowest BCUT2D eigenvalue weighted by Gasteiger charge is -2.30. The fourth-order valence-electron chi connectivity index (χ4n) is 9.41. The minimum atomic E-state index is -0.763. The number of thiocarbonyl (C=S) groups is 1. The topological polar surface area (TPSA) is 119 Å². The van der Waals surface area contributed by atoms with Gasteiger partial charge in [-0.25, -0.2) is 4.79 Å². The number of aryl methyl sites for hydroxylation is 1. The van der Waals surface area contributed by atoms with Gasteiger partial charge in [-0.2, -0.15) is 0 Å². The summed E-state index contributed by atoms with van der Waals surface area (Å²) in [6, 6.07) is 23.3. The summed E-state index contributed by atoms with van der Waals surface area (Å²) in [5.74, 6) is 3.33. The van der Waals surface area contributed by atoms with E-state index >= 15 is 0 Å². The summed E-state index contributed by atoms with van der Waals surface area (Å²) >= 11 is 7.11. The second-order valence-corrected chi connectivity index (χ2v) is 18.1. The van der Waals surface area contributed by atoms with Gasteiger partial charge < -0.3 is 29.3 Å². The molecular weight excluding hydrogens is 783 g/mol. The number of carbonyl (C=O) groups excluding carboxylic acids is 3. The number of rotatable bonds is 15. The average Bonchev–Trinajstić information content (AvgIpc) is 4.07. The number of thioether (sulfide) groups is 1. The summed E-state index contributed by atoms with van der Waals surface area (Å²) in [5, 5.41) is 5.88. The molecule has 3 aliphatic carbocycles. The van der Waals surface area contributed by atoms with Crippen LogP contribution < -0.4 is 20.1 Å². The van der Waals surface area contributed by atoms with Gasteiger partial charge in [0.15, 0.2) is 0 Å². The first-order chi connectivity index (χ1) is 28.6. The molecule has 4 atom stereocenters. The zero-order valence-electron chi connectivity index (χ0n) is 34.0. The number of amides is 3. The van der Waals surface area contributed by atoms with Crippen LogP contribution in [0.3, 0.4) is 0 Å². The van der Waals surface area contributed by atoms with E-state index in [4.69, 9.17) is 30.8 Å². The predicted molar refractivity (Wildman–Crippen MR) is 234 cm³/mol. The normalized spacial score (nSPS) is 20.6. The van der Waals surface area contributed by atoms with Crippen molar-refractivity contribution in [1.82, 2.24) is 15.5 Å². The number of benzene rings is 3. The molecule has 59 heavy (non-hydrogen) atoms. The molecular formula is C47H51N3O7S2. The van der Waals surface area contributed by atoms with Gasteiger partial charge in [-0.05, 0) is 102 Å². The van der Waals surface area contributed by atoms with Crippen LogP contribution in [0.4, 0.5) is 4.79 Å². The van der Waals surface area contributed by atoms with E-state index in [9.17, 15) is 14.4 Å². The van der Waals surface area contributed by atoms with Gasteiger partial charge in [0.25, 0.3) is 5.91 Å². The van der Waals surface area contributed by atoms with Crippen LogP contribution in [0.1, 0.15) is 80.7 Å². The van der Waals surface area contributed by atoms with Crippen LogP contribution in [0.25, 0.3) is 28.5 Å². The van der Waals surface area contributed by atoms with Gasteiger partial charge in [0.05, 0.1) is 24.7 Å². The van der Waals surface area contributed by atoms with Crippen molar-refractivity contribution in [1.29, 1.82) is 0 Å². The maximum atomic E-state index is 13.9. The summed E-state index contributed by atoms with van der Waals surface area (Å²) in [6.07, 6.45) is 7.37. The fraction of sp³-hybridized carbons (Fsp3) is 0.404. The Morgan fingerprint density at radius 2 is 1.71 bits per heavy atom. The second kappa shape index (κ2) is 17.6. The van der Waals surface area contributed by atoms with Crippen LogP contribution in [0.2, 0.25) is 0 Å². The Morgan fingerprint density at radius 3 is 2.37 bits per heavy atom. The van der Waals surface area contributed by atoms with Gasteiger partial charge in [0.1, 0.15) is 40.0 Å². The number of nitrogens with zero attached hydrogens (tertiary/aromatic N) is 1. The van der Waals surface area contributed by atoms with Crippen molar-refractivity contribution in [2.45, 2.75) is 76.8 Å². The molecule has 0 unspecified atom stereocenters. The number of nitrogens with one attached hydrogen (secondary N) is 2. The maximum absolute atomic E-state index is 13.9. The Kier molecular flexibility index (Phi) is 12.2. The maximum Gasteiger partial charge on any atom is 0.407 e. The lowest BCUT2D eigenvalue weighted by Crippen LogP contribution is -2.48. The third kappa shape index (κ3) is 8.52. The molecule has 3 amide bonds. The van der Waals surface area contributed by atoms with Gasteiger partial charge in [-0.1, -0.05) is 92.8 Å². The van der Waals surface area contributed by atoms with E-state index in [2.05, 4.69) is 34.9 Å². The molecule has 10 nitrogen and oxygen atoms in total. The summed E-state index contributed by atoms with van der Waals surface area (Å²) < 4.78 is 24.0. The molecule has 3 aromatic carbocycles. The number of methoxy groups -OCH3 is 2. The minimum absolute atomic E-state index is 0.0594. The summed E-state index contributed by atoms with van der Waals surface area (Å²) in [7, 11) is 3.20. The monoisotopic (exact) mass is 833 g/mol. The van der Waals surface area contributed by atoms with Crippen molar-refractivity contribution in [2.24, 2.45) is 17.8 Å². The quantitative estimate of drug-likeness (QED) is 0.0686. The van der Waals surface area contributed by atoms with Crippen LogP contribution in [0, 0.1) is 17.8 Å². The number of ether oxygens (including phenoxy) is 3. The van der Waals surface area contributed by atoms with Gasteiger partial charge in [0, 0.05) is 30.6 Å². The third-order valence-corrected chi connectivity index (χ3v) is 13.5. The van der Waals surface area contributed by atoms with Crippen molar-refractivity contribution in [3.63, 3.8) is 0 Å². The van der Waals surface area contributed by atoms with Crippen LogP contribution in [-0.2, 0) is 20.7 Å². The number of hydrogen-bond acceptors (Lipinski definition) is 9. The molecule has 12 heteroatoms. The number of carbonyl (C=O) groups is 3. The molecule has 0 radical (unpaired) electrons. The molecule has 1 saturated heterocycles. The first-order valence-corrected chi connectivity index (χ1v) is 21.9. The van der Waals surface area contributed by atoms with E-state index in [1.165, 1.54) is 24.6 Å². The molecule has 1 aromatic heterocycles. The van der Waals surface area contributed by atoms with Crippen LogP contribution in [0.5, 0.6) is 11.5 Å². The molecule has 2 saturated carbocycles. The number of fused-ring (bicyclic) bond motifs is 5. The van der Waals surface area contributed by atoms with E-state index in [0.29, 0.717) is 69.9 Å².